The fraction of sp³-hybridized carbons (Fsp3) is 0.444. The second-order valence-corrected chi connectivity index (χ2v) is 7.53. The van der Waals surface area contributed by atoms with Crippen LogP contribution in [0.5, 0.6) is 0 Å². The maximum Gasteiger partial charge on any atom is 0.123 e. The summed E-state index contributed by atoms with van der Waals surface area (Å²) < 4.78 is 13.1. The zero-order valence-electron chi connectivity index (χ0n) is 13.0. The van der Waals surface area contributed by atoms with E-state index in [0.29, 0.717) is 5.92 Å². The molecule has 0 amide bonds. The van der Waals surface area contributed by atoms with Gasteiger partial charge in [-0.2, -0.15) is 0 Å². The summed E-state index contributed by atoms with van der Waals surface area (Å²) >= 11 is 1.81. The Hall–Kier alpha value is -1.19. The molecule has 0 aliphatic carbocycles. The molecule has 1 aromatic heterocycles. The van der Waals surface area contributed by atoms with Crippen molar-refractivity contribution in [1.29, 1.82) is 0 Å². The Balaban J connectivity index is 2.03. The van der Waals surface area contributed by atoms with Crippen molar-refractivity contribution in [1.82, 2.24) is 5.32 Å². The Morgan fingerprint density at radius 2 is 1.86 bits per heavy atom. The van der Waals surface area contributed by atoms with E-state index in [1.807, 2.05) is 12.1 Å². The Labute approximate surface area is 131 Å². The summed E-state index contributed by atoms with van der Waals surface area (Å²) in [6.07, 6.45) is 2.15. The minimum Gasteiger partial charge on any atom is -0.311 e. The molecule has 114 valence electrons. The first-order valence-electron chi connectivity index (χ1n) is 7.47. The van der Waals surface area contributed by atoms with Gasteiger partial charge in [0.05, 0.1) is 0 Å². The van der Waals surface area contributed by atoms with Gasteiger partial charge < -0.3 is 5.32 Å². The molecular weight excluding hydrogens is 281 g/mol. The number of aryl methyl sites for hydroxylation is 1. The number of halogens is 1. The molecule has 1 atom stereocenters. The minimum absolute atomic E-state index is 0.0984. The van der Waals surface area contributed by atoms with Crippen molar-refractivity contribution in [2.24, 2.45) is 0 Å². The van der Waals surface area contributed by atoms with Gasteiger partial charge in [0.1, 0.15) is 5.82 Å². The van der Waals surface area contributed by atoms with Crippen LogP contribution in [0, 0.1) is 5.82 Å². The lowest BCUT2D eigenvalue weighted by Gasteiger charge is -2.25. The van der Waals surface area contributed by atoms with Gasteiger partial charge >= 0.3 is 0 Å². The van der Waals surface area contributed by atoms with E-state index in [4.69, 9.17) is 0 Å². The maximum absolute atomic E-state index is 13.1. The average molecular weight is 305 g/mol. The molecule has 0 bridgehead atoms. The van der Waals surface area contributed by atoms with Crippen molar-refractivity contribution >= 4 is 11.3 Å². The van der Waals surface area contributed by atoms with E-state index in [-0.39, 0.29) is 11.4 Å². The molecule has 21 heavy (non-hydrogen) atoms. The number of hydrogen-bond donors (Lipinski definition) is 1. The molecule has 0 spiro atoms. The van der Waals surface area contributed by atoms with Crippen molar-refractivity contribution in [2.45, 2.75) is 45.1 Å². The van der Waals surface area contributed by atoms with E-state index >= 15 is 0 Å². The highest BCUT2D eigenvalue weighted by molar-refractivity contribution is 7.09. The molecule has 0 aliphatic heterocycles. The highest BCUT2D eigenvalue weighted by Crippen LogP contribution is 2.24. The third-order valence-corrected chi connectivity index (χ3v) is 4.48. The first-order chi connectivity index (χ1) is 9.94. The van der Waals surface area contributed by atoms with E-state index < -0.39 is 0 Å². The van der Waals surface area contributed by atoms with Crippen LogP contribution in [0.4, 0.5) is 4.39 Å². The summed E-state index contributed by atoms with van der Waals surface area (Å²) in [5.74, 6) is 0.242. The van der Waals surface area contributed by atoms with Gasteiger partial charge in [-0.25, -0.2) is 4.39 Å². The summed E-state index contributed by atoms with van der Waals surface area (Å²) in [6, 6.07) is 11.2. The molecule has 3 heteroatoms. The van der Waals surface area contributed by atoms with Crippen LogP contribution < -0.4 is 5.32 Å². The predicted octanol–water partition coefficient (Wildman–Crippen LogP) is 4.99. The fourth-order valence-corrected chi connectivity index (χ4v) is 3.05. The smallest absolute Gasteiger partial charge is 0.123 e. The number of nitrogens with one attached hydrogen (secondary N) is 1. The lowest BCUT2D eigenvalue weighted by molar-refractivity contribution is 0.399. The normalized spacial score (nSPS) is 13.3. The SMILES string of the molecule is CC(C)(C)NCC(CCc1cccs1)c1ccc(F)cc1. The van der Waals surface area contributed by atoms with Crippen LogP contribution in [0.25, 0.3) is 0 Å². The lowest BCUT2D eigenvalue weighted by Crippen LogP contribution is -2.38. The summed E-state index contributed by atoms with van der Waals surface area (Å²) in [4.78, 5) is 1.41. The Kier molecular flexibility index (Phi) is 5.54. The number of rotatable bonds is 6. The maximum atomic E-state index is 13.1. The predicted molar refractivity (Wildman–Crippen MR) is 89.5 cm³/mol. The van der Waals surface area contributed by atoms with Gasteiger partial charge in [-0.1, -0.05) is 18.2 Å². The molecule has 0 radical (unpaired) electrons. The summed E-state index contributed by atoms with van der Waals surface area (Å²) in [7, 11) is 0. The second kappa shape index (κ2) is 7.19. The van der Waals surface area contributed by atoms with Crippen LogP contribution in [0.15, 0.2) is 41.8 Å². The molecule has 0 saturated heterocycles. The largest absolute Gasteiger partial charge is 0.311 e. The minimum atomic E-state index is -0.167. The molecule has 1 aromatic carbocycles. The summed E-state index contributed by atoms with van der Waals surface area (Å²) in [5, 5.41) is 5.70. The molecule has 2 rings (SSSR count). The fourth-order valence-electron chi connectivity index (χ4n) is 2.32. The number of hydrogen-bond acceptors (Lipinski definition) is 2. The van der Waals surface area contributed by atoms with Gasteiger partial charge in [0.15, 0.2) is 0 Å². The van der Waals surface area contributed by atoms with Gasteiger partial charge in [0, 0.05) is 17.0 Å². The first-order valence-corrected chi connectivity index (χ1v) is 8.35. The van der Waals surface area contributed by atoms with Crippen molar-refractivity contribution in [3.05, 3.63) is 58.0 Å². The molecule has 1 N–H and O–H groups in total. The Morgan fingerprint density at radius 1 is 1.14 bits per heavy atom. The Bertz CT molecular complexity index is 525. The highest BCUT2D eigenvalue weighted by Gasteiger charge is 2.16. The summed E-state index contributed by atoms with van der Waals surface area (Å²) in [6.45, 7) is 7.44. The second-order valence-electron chi connectivity index (χ2n) is 6.50. The van der Waals surface area contributed by atoms with Crippen LogP contribution in [-0.4, -0.2) is 12.1 Å². The molecule has 1 heterocycles. The highest BCUT2D eigenvalue weighted by atomic mass is 32.1. The van der Waals surface area contributed by atoms with Gasteiger partial charge in [0.25, 0.3) is 0 Å². The van der Waals surface area contributed by atoms with Gasteiger partial charge in [-0.3, -0.25) is 0 Å². The van der Waals surface area contributed by atoms with Crippen molar-refractivity contribution in [3.63, 3.8) is 0 Å². The van der Waals surface area contributed by atoms with Crippen molar-refractivity contribution in [2.75, 3.05) is 6.54 Å². The van der Waals surface area contributed by atoms with Gasteiger partial charge in [0.2, 0.25) is 0 Å². The van der Waals surface area contributed by atoms with E-state index in [1.165, 1.54) is 10.4 Å². The third kappa shape index (κ3) is 5.60. The summed E-state index contributed by atoms with van der Waals surface area (Å²) in [5.41, 5.74) is 1.31. The molecule has 0 fully saturated rings. The van der Waals surface area contributed by atoms with Crippen molar-refractivity contribution < 1.29 is 4.39 Å². The topological polar surface area (TPSA) is 12.0 Å². The zero-order valence-corrected chi connectivity index (χ0v) is 13.8. The zero-order chi connectivity index (χ0) is 15.3. The monoisotopic (exact) mass is 305 g/mol. The third-order valence-electron chi connectivity index (χ3n) is 3.54. The van der Waals surface area contributed by atoms with Gasteiger partial charge in [-0.05, 0) is 68.7 Å². The van der Waals surface area contributed by atoms with E-state index in [9.17, 15) is 4.39 Å². The molecule has 1 nitrogen and oxygen atoms in total. The number of thiophene rings is 1. The van der Waals surface area contributed by atoms with Crippen LogP contribution >= 0.6 is 11.3 Å². The van der Waals surface area contributed by atoms with Crippen LogP contribution in [0.3, 0.4) is 0 Å². The van der Waals surface area contributed by atoms with Crippen LogP contribution in [-0.2, 0) is 6.42 Å². The molecule has 0 aliphatic rings. The average Bonchev–Trinajstić information content (AvgIpc) is 2.92. The van der Waals surface area contributed by atoms with Crippen LogP contribution in [0.1, 0.15) is 43.6 Å². The molecule has 1 unspecified atom stereocenters. The van der Waals surface area contributed by atoms with E-state index in [0.717, 1.165) is 19.4 Å². The van der Waals surface area contributed by atoms with E-state index in [2.05, 4.69) is 43.6 Å². The standard InChI is InChI=1S/C18H24FNS/c1-18(2,3)20-13-15(8-11-17-5-4-12-21-17)14-6-9-16(19)10-7-14/h4-7,9-10,12,15,20H,8,11,13H2,1-3H3. The van der Waals surface area contributed by atoms with E-state index in [1.54, 1.807) is 23.5 Å². The lowest BCUT2D eigenvalue weighted by atomic mass is 9.92. The first kappa shape index (κ1) is 16.2. The Morgan fingerprint density at radius 3 is 2.43 bits per heavy atom. The quantitative estimate of drug-likeness (QED) is 0.792. The number of benzene rings is 1. The van der Waals surface area contributed by atoms with Crippen molar-refractivity contribution in [3.8, 4) is 0 Å². The van der Waals surface area contributed by atoms with Crippen LogP contribution in [0.2, 0.25) is 0 Å². The molecule has 2 aromatic rings. The molecular formula is C18H24FNS. The molecule has 0 saturated carbocycles. The van der Waals surface area contributed by atoms with Gasteiger partial charge in [-0.15, -0.1) is 11.3 Å².